The third-order valence-corrected chi connectivity index (χ3v) is 5.38. The molecule has 1 atom stereocenters. The Labute approximate surface area is 167 Å². The lowest BCUT2D eigenvalue weighted by Gasteiger charge is -2.13. The Hall–Kier alpha value is -3.90. The molecule has 0 aliphatic heterocycles. The van der Waals surface area contributed by atoms with Crippen LogP contribution in [0.5, 0.6) is 0 Å². The number of aromatic nitrogens is 1. The highest BCUT2D eigenvalue weighted by Crippen LogP contribution is 2.39. The van der Waals surface area contributed by atoms with Gasteiger partial charge in [0.15, 0.2) is 0 Å². The summed E-state index contributed by atoms with van der Waals surface area (Å²) in [6, 6.07) is 31.1. The van der Waals surface area contributed by atoms with Crippen molar-refractivity contribution >= 4 is 21.7 Å². The molecule has 0 bridgehead atoms. The van der Waals surface area contributed by atoms with Gasteiger partial charge in [-0.05, 0) is 46.2 Å². The van der Waals surface area contributed by atoms with Gasteiger partial charge in [0.1, 0.15) is 5.82 Å². The molecule has 0 fully saturated rings. The molecule has 0 aliphatic rings. The van der Waals surface area contributed by atoms with Crippen molar-refractivity contribution in [2.24, 2.45) is 0 Å². The van der Waals surface area contributed by atoms with Crippen LogP contribution >= 0.6 is 0 Å². The molecule has 0 amide bonds. The van der Waals surface area contributed by atoms with Crippen molar-refractivity contribution in [3.05, 3.63) is 108 Å². The Bertz CT molecular complexity index is 1390. The standard InChI is InChI=1S/C26H17FN2/c27-21-9-5-8-19(15-21)23(16-28)25-22-10-3-4-11-24(22)29-26(25)20-13-12-17-6-1-2-7-18(17)14-20/h1-15,23,29H. The molecule has 0 radical (unpaired) electrons. The lowest BCUT2D eigenvalue weighted by atomic mass is 9.88. The Morgan fingerprint density at radius 2 is 1.59 bits per heavy atom. The van der Waals surface area contributed by atoms with Gasteiger partial charge in [0, 0.05) is 16.5 Å². The molecule has 3 heteroatoms. The quantitative estimate of drug-likeness (QED) is 0.370. The van der Waals surface area contributed by atoms with E-state index in [0.29, 0.717) is 5.56 Å². The monoisotopic (exact) mass is 376 g/mol. The van der Waals surface area contributed by atoms with Gasteiger partial charge < -0.3 is 4.98 Å². The SMILES string of the molecule is N#CC(c1cccc(F)c1)c1c(-c2ccc3ccccc3c2)[nH]c2ccccc12. The fraction of sp³-hybridized carbons (Fsp3) is 0.0385. The fourth-order valence-electron chi connectivity index (χ4n) is 4.03. The number of nitrogens with one attached hydrogen (secondary N) is 1. The first-order valence-electron chi connectivity index (χ1n) is 9.49. The average Bonchev–Trinajstić information content (AvgIpc) is 3.14. The van der Waals surface area contributed by atoms with Crippen LogP contribution in [0.1, 0.15) is 17.0 Å². The van der Waals surface area contributed by atoms with E-state index < -0.39 is 5.92 Å². The predicted molar refractivity (Wildman–Crippen MR) is 115 cm³/mol. The summed E-state index contributed by atoms with van der Waals surface area (Å²) in [4.78, 5) is 3.50. The number of halogens is 1. The highest BCUT2D eigenvalue weighted by molar-refractivity contribution is 5.95. The van der Waals surface area contributed by atoms with Crippen LogP contribution < -0.4 is 0 Å². The summed E-state index contributed by atoms with van der Waals surface area (Å²) in [5, 5.41) is 13.3. The number of H-pyrrole nitrogens is 1. The van der Waals surface area contributed by atoms with Gasteiger partial charge >= 0.3 is 0 Å². The van der Waals surface area contributed by atoms with Crippen molar-refractivity contribution in [3.63, 3.8) is 0 Å². The zero-order chi connectivity index (χ0) is 19.8. The van der Waals surface area contributed by atoms with Gasteiger partial charge in [-0.1, -0.05) is 66.7 Å². The molecule has 0 aliphatic carbocycles. The van der Waals surface area contributed by atoms with Crippen LogP contribution in [-0.2, 0) is 0 Å². The second kappa shape index (κ2) is 6.92. The minimum absolute atomic E-state index is 0.338. The van der Waals surface area contributed by atoms with Crippen molar-refractivity contribution in [1.29, 1.82) is 5.26 Å². The van der Waals surface area contributed by atoms with Crippen LogP contribution in [0.15, 0.2) is 91.0 Å². The molecule has 1 heterocycles. The van der Waals surface area contributed by atoms with Crippen LogP contribution in [0.3, 0.4) is 0 Å². The summed E-state index contributed by atoms with van der Waals surface area (Å²) in [6.45, 7) is 0. The van der Waals surface area contributed by atoms with Crippen molar-refractivity contribution in [2.75, 3.05) is 0 Å². The molecule has 5 rings (SSSR count). The number of para-hydroxylation sites is 1. The first-order chi connectivity index (χ1) is 14.2. The van der Waals surface area contributed by atoms with Gasteiger partial charge in [-0.25, -0.2) is 4.39 Å². The Morgan fingerprint density at radius 3 is 2.41 bits per heavy atom. The fourth-order valence-corrected chi connectivity index (χ4v) is 4.03. The van der Waals surface area contributed by atoms with Crippen molar-refractivity contribution in [3.8, 4) is 17.3 Å². The molecule has 1 unspecified atom stereocenters. The molecule has 0 spiro atoms. The molecular formula is C26H17FN2. The zero-order valence-corrected chi connectivity index (χ0v) is 15.6. The molecule has 1 N–H and O–H groups in total. The van der Waals surface area contributed by atoms with Crippen LogP contribution in [0.4, 0.5) is 4.39 Å². The zero-order valence-electron chi connectivity index (χ0n) is 15.6. The molecule has 4 aromatic carbocycles. The van der Waals surface area contributed by atoms with Gasteiger partial charge in [0.05, 0.1) is 17.7 Å². The minimum atomic E-state index is -0.580. The smallest absolute Gasteiger partial charge is 0.123 e. The molecule has 5 aromatic rings. The maximum absolute atomic E-state index is 13.9. The summed E-state index contributed by atoms with van der Waals surface area (Å²) in [5.41, 5.74) is 4.39. The average molecular weight is 376 g/mol. The number of aromatic amines is 1. The van der Waals surface area contributed by atoms with Crippen molar-refractivity contribution in [1.82, 2.24) is 4.98 Å². The number of hydrogen-bond donors (Lipinski definition) is 1. The topological polar surface area (TPSA) is 39.6 Å². The Balaban J connectivity index is 1.79. The number of fused-ring (bicyclic) bond motifs is 2. The molecule has 0 saturated heterocycles. The van der Waals surface area contributed by atoms with E-state index in [2.05, 4.69) is 41.4 Å². The number of nitrogens with zero attached hydrogens (tertiary/aromatic N) is 1. The lowest BCUT2D eigenvalue weighted by Crippen LogP contribution is -2.00. The van der Waals surface area contributed by atoms with E-state index in [9.17, 15) is 9.65 Å². The van der Waals surface area contributed by atoms with E-state index >= 15 is 0 Å². The maximum Gasteiger partial charge on any atom is 0.123 e. The van der Waals surface area contributed by atoms with E-state index in [4.69, 9.17) is 0 Å². The largest absolute Gasteiger partial charge is 0.354 e. The number of rotatable bonds is 3. The summed E-state index contributed by atoms with van der Waals surface area (Å²) in [5.74, 6) is -0.918. The van der Waals surface area contributed by atoms with Gasteiger partial charge in [-0.3, -0.25) is 0 Å². The first-order valence-corrected chi connectivity index (χ1v) is 9.49. The van der Waals surface area contributed by atoms with Gasteiger partial charge in [0.2, 0.25) is 0 Å². The van der Waals surface area contributed by atoms with Crippen molar-refractivity contribution in [2.45, 2.75) is 5.92 Å². The molecule has 1 aromatic heterocycles. The Kier molecular flexibility index (Phi) is 4.11. The molecule has 29 heavy (non-hydrogen) atoms. The second-order valence-electron chi connectivity index (χ2n) is 7.14. The van der Waals surface area contributed by atoms with Crippen molar-refractivity contribution < 1.29 is 4.39 Å². The lowest BCUT2D eigenvalue weighted by molar-refractivity contribution is 0.625. The van der Waals surface area contributed by atoms with E-state index in [1.807, 2.05) is 42.5 Å². The Morgan fingerprint density at radius 1 is 0.793 bits per heavy atom. The van der Waals surface area contributed by atoms with Gasteiger partial charge in [-0.2, -0.15) is 5.26 Å². The number of hydrogen-bond acceptors (Lipinski definition) is 1. The highest BCUT2D eigenvalue weighted by atomic mass is 19.1. The molecular weight excluding hydrogens is 359 g/mol. The molecule has 138 valence electrons. The van der Waals surface area contributed by atoms with Gasteiger partial charge in [0.25, 0.3) is 0 Å². The second-order valence-corrected chi connectivity index (χ2v) is 7.14. The summed E-state index contributed by atoms with van der Waals surface area (Å²) >= 11 is 0. The predicted octanol–water partition coefficient (Wildman–Crippen LogP) is 6.78. The normalized spacial score (nSPS) is 12.1. The van der Waals surface area contributed by atoms with Crippen LogP contribution in [0, 0.1) is 17.1 Å². The summed E-state index contributed by atoms with van der Waals surface area (Å²) < 4.78 is 13.9. The number of benzene rings is 4. The summed E-state index contributed by atoms with van der Waals surface area (Å²) in [6.07, 6.45) is 0. The van der Waals surface area contributed by atoms with E-state index in [-0.39, 0.29) is 5.82 Å². The van der Waals surface area contributed by atoms with Gasteiger partial charge in [-0.15, -0.1) is 0 Å². The van der Waals surface area contributed by atoms with E-state index in [1.165, 1.54) is 12.1 Å². The molecule has 2 nitrogen and oxygen atoms in total. The highest BCUT2D eigenvalue weighted by Gasteiger charge is 2.23. The maximum atomic E-state index is 13.9. The molecule has 0 saturated carbocycles. The van der Waals surface area contributed by atoms with E-state index in [0.717, 1.165) is 38.5 Å². The van der Waals surface area contributed by atoms with Crippen LogP contribution in [0.2, 0.25) is 0 Å². The van der Waals surface area contributed by atoms with Crippen LogP contribution in [0.25, 0.3) is 32.9 Å². The summed E-state index contributed by atoms with van der Waals surface area (Å²) in [7, 11) is 0. The number of nitriles is 1. The first kappa shape index (κ1) is 17.2. The van der Waals surface area contributed by atoms with E-state index in [1.54, 1.807) is 6.07 Å². The van der Waals surface area contributed by atoms with Crippen LogP contribution in [-0.4, -0.2) is 4.98 Å². The minimum Gasteiger partial charge on any atom is -0.354 e. The third-order valence-electron chi connectivity index (χ3n) is 5.38. The third kappa shape index (κ3) is 2.96.